The van der Waals surface area contributed by atoms with Crippen molar-refractivity contribution in [3.63, 3.8) is 0 Å². The molecule has 7 atom stereocenters. The van der Waals surface area contributed by atoms with Crippen LogP contribution in [-0.2, 0) is 4.43 Å². The van der Waals surface area contributed by atoms with Crippen molar-refractivity contribution in [3.8, 4) is 0 Å². The van der Waals surface area contributed by atoms with Gasteiger partial charge in [-0.05, 0) is 72.9 Å². The highest BCUT2D eigenvalue weighted by Gasteiger charge is 2.86. The number of hydrogen-bond donors (Lipinski definition) is 0. The van der Waals surface area contributed by atoms with Crippen LogP contribution in [0.15, 0.2) is 0 Å². The van der Waals surface area contributed by atoms with Crippen molar-refractivity contribution >= 4 is 8.32 Å². The fourth-order valence-corrected chi connectivity index (χ4v) is 8.73. The second-order valence-corrected chi connectivity index (χ2v) is 15.3. The van der Waals surface area contributed by atoms with Gasteiger partial charge in [-0.25, -0.2) is 0 Å². The van der Waals surface area contributed by atoms with Gasteiger partial charge in [0, 0.05) is 0 Å². The Morgan fingerprint density at radius 2 is 1.71 bits per heavy atom. The van der Waals surface area contributed by atoms with Crippen molar-refractivity contribution in [2.24, 2.45) is 35.0 Å². The molecule has 0 heterocycles. The Morgan fingerprint density at radius 1 is 1.05 bits per heavy atom. The molecule has 0 aromatic rings. The molecule has 0 aliphatic heterocycles. The Bertz CT molecular complexity index is 478. The fraction of sp³-hybridized carbons (Fsp3) is 1.00. The lowest BCUT2D eigenvalue weighted by atomic mass is 9.73. The Labute approximate surface area is 132 Å². The molecule has 0 aromatic heterocycles. The topological polar surface area (TPSA) is 9.23 Å². The van der Waals surface area contributed by atoms with E-state index in [0.717, 1.165) is 29.6 Å². The van der Waals surface area contributed by atoms with Gasteiger partial charge >= 0.3 is 0 Å². The van der Waals surface area contributed by atoms with Crippen molar-refractivity contribution in [1.82, 2.24) is 0 Å². The van der Waals surface area contributed by atoms with Crippen molar-refractivity contribution in [3.05, 3.63) is 0 Å². The average molecular weight is 307 g/mol. The Balaban J connectivity index is 1.69. The van der Waals surface area contributed by atoms with Gasteiger partial charge in [0.2, 0.25) is 0 Å². The lowest BCUT2D eigenvalue weighted by molar-refractivity contribution is -0.00575. The van der Waals surface area contributed by atoms with Gasteiger partial charge in [-0.15, -0.1) is 0 Å². The highest BCUT2D eigenvalue weighted by molar-refractivity contribution is 6.74. The summed E-state index contributed by atoms with van der Waals surface area (Å²) in [6.07, 6.45) is 5.91. The Morgan fingerprint density at radius 3 is 2.33 bits per heavy atom. The molecule has 120 valence electrons. The monoisotopic (exact) mass is 306 g/mol. The maximum atomic E-state index is 7.15. The summed E-state index contributed by atoms with van der Waals surface area (Å²) < 4.78 is 7.15. The summed E-state index contributed by atoms with van der Waals surface area (Å²) in [5.41, 5.74) is 0.829. The molecule has 5 rings (SSSR count). The lowest BCUT2D eigenvalue weighted by Gasteiger charge is -2.47. The standard InChI is InChI=1S/C19H34OSi/c1-17(2,3)21(6,7)20-19(5)15-13-12-10-8-9-11-18(4,14(13)15)16(12)19/h12-16H,8-11H2,1-7H3. The second-order valence-electron chi connectivity index (χ2n) is 10.6. The minimum atomic E-state index is -1.67. The zero-order valence-electron chi connectivity index (χ0n) is 15.1. The molecular formula is C19H34OSi. The van der Waals surface area contributed by atoms with E-state index < -0.39 is 8.32 Å². The first-order valence-electron chi connectivity index (χ1n) is 9.24. The molecule has 2 heteroatoms. The van der Waals surface area contributed by atoms with E-state index in [4.69, 9.17) is 4.43 Å². The van der Waals surface area contributed by atoms with Gasteiger partial charge in [0.25, 0.3) is 0 Å². The number of rotatable bonds is 2. The smallest absolute Gasteiger partial charge is 0.192 e. The highest BCUT2D eigenvalue weighted by Crippen LogP contribution is 2.87. The van der Waals surface area contributed by atoms with Crippen molar-refractivity contribution in [1.29, 1.82) is 0 Å². The fourth-order valence-electron chi connectivity index (χ4n) is 7.06. The summed E-state index contributed by atoms with van der Waals surface area (Å²) in [4.78, 5) is 0. The molecule has 7 unspecified atom stereocenters. The van der Waals surface area contributed by atoms with Crippen molar-refractivity contribution < 1.29 is 4.43 Å². The van der Waals surface area contributed by atoms with E-state index in [0.29, 0.717) is 10.5 Å². The first-order chi connectivity index (χ1) is 9.54. The molecule has 21 heavy (non-hydrogen) atoms. The molecule has 0 N–H and O–H groups in total. The van der Waals surface area contributed by atoms with Gasteiger partial charge in [-0.3, -0.25) is 0 Å². The molecule has 0 radical (unpaired) electrons. The van der Waals surface area contributed by atoms with Crippen LogP contribution in [0.1, 0.15) is 60.3 Å². The molecule has 0 aromatic carbocycles. The van der Waals surface area contributed by atoms with Crippen LogP contribution in [0.3, 0.4) is 0 Å². The average Bonchev–Trinajstić information content (AvgIpc) is 2.91. The Kier molecular flexibility index (Phi) is 2.67. The minimum Gasteiger partial charge on any atom is -0.411 e. The largest absolute Gasteiger partial charge is 0.411 e. The molecule has 5 aliphatic carbocycles. The third-order valence-electron chi connectivity index (χ3n) is 8.53. The predicted molar refractivity (Wildman–Crippen MR) is 90.7 cm³/mol. The van der Waals surface area contributed by atoms with Crippen molar-refractivity contribution in [2.75, 3.05) is 0 Å². The van der Waals surface area contributed by atoms with Crippen LogP contribution in [0.4, 0.5) is 0 Å². The van der Waals surface area contributed by atoms with Crippen LogP contribution in [0, 0.1) is 35.0 Å². The zero-order chi connectivity index (χ0) is 15.4. The Hall–Kier alpha value is 0.177. The van der Waals surface area contributed by atoms with E-state index in [1.165, 1.54) is 25.7 Å². The molecule has 1 nitrogen and oxygen atoms in total. The van der Waals surface area contributed by atoms with Gasteiger partial charge in [-0.1, -0.05) is 40.5 Å². The summed E-state index contributed by atoms with van der Waals surface area (Å²) in [5.74, 6) is 4.83. The quantitative estimate of drug-likeness (QED) is 0.615. The minimum absolute atomic E-state index is 0.210. The molecular weight excluding hydrogens is 272 g/mol. The van der Waals surface area contributed by atoms with Gasteiger partial charge < -0.3 is 4.43 Å². The van der Waals surface area contributed by atoms with E-state index >= 15 is 0 Å². The first kappa shape index (κ1) is 14.7. The third kappa shape index (κ3) is 1.57. The molecule has 0 saturated heterocycles. The maximum absolute atomic E-state index is 7.15. The summed E-state index contributed by atoms with van der Waals surface area (Å²) >= 11 is 0. The van der Waals surface area contributed by atoms with Gasteiger partial charge in [0.15, 0.2) is 8.32 Å². The second kappa shape index (κ2) is 3.80. The molecule has 5 fully saturated rings. The summed E-state index contributed by atoms with van der Waals surface area (Å²) in [6.45, 7) is 17.2. The van der Waals surface area contributed by atoms with E-state index in [2.05, 4.69) is 47.7 Å². The van der Waals surface area contributed by atoms with E-state index in [-0.39, 0.29) is 5.60 Å². The molecule has 0 spiro atoms. The van der Waals surface area contributed by atoms with Crippen LogP contribution >= 0.6 is 0 Å². The SMILES string of the molecule is CC12CCCCC3C4C1C4C(C)(O[Si](C)(C)C(C)(C)C)C32. The molecule has 0 amide bonds. The molecule has 5 aliphatic rings. The van der Waals surface area contributed by atoms with Crippen LogP contribution in [0.5, 0.6) is 0 Å². The van der Waals surface area contributed by atoms with Crippen LogP contribution < -0.4 is 0 Å². The van der Waals surface area contributed by atoms with Crippen molar-refractivity contribution in [2.45, 2.75) is 84.0 Å². The lowest BCUT2D eigenvalue weighted by Crippen LogP contribution is -2.52. The summed E-state index contributed by atoms with van der Waals surface area (Å²) in [7, 11) is -1.67. The van der Waals surface area contributed by atoms with Crippen LogP contribution in [0.25, 0.3) is 0 Å². The van der Waals surface area contributed by atoms with Gasteiger partial charge in [-0.2, -0.15) is 0 Å². The normalized spacial score (nSPS) is 54.7. The maximum Gasteiger partial charge on any atom is 0.192 e. The van der Waals surface area contributed by atoms with Crippen LogP contribution in [0.2, 0.25) is 18.1 Å². The van der Waals surface area contributed by atoms with Gasteiger partial charge in [0.1, 0.15) is 0 Å². The van der Waals surface area contributed by atoms with E-state index in [1.54, 1.807) is 0 Å². The third-order valence-corrected chi connectivity index (χ3v) is 13.1. The molecule has 5 saturated carbocycles. The predicted octanol–water partition coefficient (Wildman–Crippen LogP) is 5.47. The molecule has 6 bridgehead atoms. The van der Waals surface area contributed by atoms with E-state index in [9.17, 15) is 0 Å². The number of hydrogen-bond acceptors (Lipinski definition) is 1. The van der Waals surface area contributed by atoms with Gasteiger partial charge in [0.05, 0.1) is 5.60 Å². The summed E-state index contributed by atoms with van der Waals surface area (Å²) in [6, 6.07) is 0. The first-order valence-corrected chi connectivity index (χ1v) is 12.1. The zero-order valence-corrected chi connectivity index (χ0v) is 16.1. The highest BCUT2D eigenvalue weighted by atomic mass is 28.4. The van der Waals surface area contributed by atoms with Crippen LogP contribution in [-0.4, -0.2) is 13.9 Å². The summed E-state index contributed by atoms with van der Waals surface area (Å²) in [5, 5.41) is 0.333. The van der Waals surface area contributed by atoms with E-state index in [1.807, 2.05) is 0 Å².